The average molecular weight is 383 g/mol. The molecule has 1 aliphatic heterocycles. The van der Waals surface area contributed by atoms with Gasteiger partial charge in [0.05, 0.1) is 24.4 Å². The van der Waals surface area contributed by atoms with E-state index in [0.29, 0.717) is 11.6 Å². The van der Waals surface area contributed by atoms with Crippen molar-refractivity contribution in [3.05, 3.63) is 53.8 Å². The molecule has 0 unspecified atom stereocenters. The minimum absolute atomic E-state index is 0.0392. The van der Waals surface area contributed by atoms with Crippen LogP contribution in [0, 0.1) is 0 Å². The number of anilines is 1. The second-order valence-corrected chi connectivity index (χ2v) is 7.22. The molecule has 0 atom stereocenters. The Morgan fingerprint density at radius 3 is 2.30 bits per heavy atom. The Kier molecular flexibility index (Phi) is 5.41. The first-order chi connectivity index (χ1) is 13.3. The van der Waals surface area contributed by atoms with E-state index in [4.69, 9.17) is 16.7 Å². The van der Waals surface area contributed by atoms with Crippen molar-refractivity contribution >= 4 is 17.4 Å². The number of aliphatic hydroxyl groups is 1. The molecular formula is C21H23ClN4O. The van der Waals surface area contributed by atoms with Crippen LogP contribution in [0.1, 0.15) is 19.3 Å². The van der Waals surface area contributed by atoms with Gasteiger partial charge in [-0.1, -0.05) is 23.7 Å². The van der Waals surface area contributed by atoms with Gasteiger partial charge in [-0.05, 0) is 49.1 Å². The maximum absolute atomic E-state index is 9.61. The zero-order valence-electron chi connectivity index (χ0n) is 15.2. The first-order valence-electron chi connectivity index (χ1n) is 9.41. The number of aliphatic hydroxyl groups excluding tert-OH is 1. The normalized spacial score (nSPS) is 14.5. The van der Waals surface area contributed by atoms with Crippen molar-refractivity contribution in [3.8, 4) is 22.4 Å². The van der Waals surface area contributed by atoms with Crippen LogP contribution in [0.3, 0.4) is 0 Å². The molecule has 0 saturated carbocycles. The van der Waals surface area contributed by atoms with Crippen LogP contribution in [0.5, 0.6) is 0 Å². The Balaban J connectivity index is 1.93. The number of rotatable bonds is 5. The van der Waals surface area contributed by atoms with E-state index in [9.17, 15) is 5.11 Å². The molecule has 0 bridgehead atoms. The number of piperidine rings is 1. The van der Waals surface area contributed by atoms with Crippen LogP contribution in [0.4, 0.5) is 5.82 Å². The van der Waals surface area contributed by atoms with Gasteiger partial charge in [-0.25, -0.2) is 0 Å². The van der Waals surface area contributed by atoms with E-state index in [1.54, 1.807) is 0 Å². The van der Waals surface area contributed by atoms with E-state index in [1.807, 2.05) is 53.5 Å². The molecule has 0 amide bonds. The highest BCUT2D eigenvalue weighted by Crippen LogP contribution is 2.40. The first-order valence-corrected chi connectivity index (χ1v) is 9.78. The SMILES string of the molecule is OCCn1nc(N2CCCCC2)c(-c2ccncc2)c1-c1ccc(Cl)cc1. The lowest BCUT2D eigenvalue weighted by atomic mass is 10.00. The monoisotopic (exact) mass is 382 g/mol. The molecule has 4 rings (SSSR count). The summed E-state index contributed by atoms with van der Waals surface area (Å²) >= 11 is 6.10. The Labute approximate surface area is 164 Å². The molecule has 1 aliphatic rings. The van der Waals surface area contributed by atoms with Gasteiger partial charge in [-0.2, -0.15) is 5.10 Å². The molecule has 1 fully saturated rings. The predicted molar refractivity (Wildman–Crippen MR) is 109 cm³/mol. The highest BCUT2D eigenvalue weighted by Gasteiger charge is 2.25. The van der Waals surface area contributed by atoms with Gasteiger partial charge < -0.3 is 10.0 Å². The van der Waals surface area contributed by atoms with Gasteiger partial charge in [0, 0.05) is 36.1 Å². The number of benzene rings is 1. The fraction of sp³-hybridized carbons (Fsp3) is 0.333. The molecular weight excluding hydrogens is 360 g/mol. The van der Waals surface area contributed by atoms with Crippen molar-refractivity contribution in [1.29, 1.82) is 0 Å². The van der Waals surface area contributed by atoms with E-state index >= 15 is 0 Å². The third kappa shape index (κ3) is 3.70. The van der Waals surface area contributed by atoms with Crippen LogP contribution >= 0.6 is 11.6 Å². The molecule has 0 spiro atoms. The summed E-state index contributed by atoms with van der Waals surface area (Å²) in [4.78, 5) is 6.54. The van der Waals surface area contributed by atoms with E-state index in [-0.39, 0.29) is 6.61 Å². The van der Waals surface area contributed by atoms with E-state index in [0.717, 1.165) is 41.3 Å². The third-order valence-electron chi connectivity index (χ3n) is 4.99. The summed E-state index contributed by atoms with van der Waals surface area (Å²) in [7, 11) is 0. The Morgan fingerprint density at radius 1 is 0.926 bits per heavy atom. The minimum atomic E-state index is 0.0392. The van der Waals surface area contributed by atoms with Crippen LogP contribution < -0.4 is 4.90 Å². The molecule has 3 aromatic rings. The highest BCUT2D eigenvalue weighted by atomic mass is 35.5. The molecule has 1 saturated heterocycles. The van der Waals surface area contributed by atoms with Crippen LogP contribution in [0.15, 0.2) is 48.8 Å². The quantitative estimate of drug-likeness (QED) is 0.716. The van der Waals surface area contributed by atoms with Gasteiger partial charge in [0.2, 0.25) is 0 Å². The standard InChI is InChI=1S/C21H23ClN4O/c22-18-6-4-17(5-7-18)20-19(16-8-10-23-11-9-16)21(24-26(20)14-15-27)25-12-2-1-3-13-25/h4-11,27H,1-3,12-15H2. The summed E-state index contributed by atoms with van der Waals surface area (Å²) in [5, 5.41) is 15.2. The third-order valence-corrected chi connectivity index (χ3v) is 5.24. The summed E-state index contributed by atoms with van der Waals surface area (Å²) in [6, 6.07) is 11.9. The van der Waals surface area contributed by atoms with Crippen LogP contribution in [0.2, 0.25) is 5.02 Å². The van der Waals surface area contributed by atoms with Gasteiger partial charge in [-0.15, -0.1) is 0 Å². The van der Waals surface area contributed by atoms with Crippen LogP contribution in [-0.2, 0) is 6.54 Å². The summed E-state index contributed by atoms with van der Waals surface area (Å²) in [6.45, 7) is 2.50. The lowest BCUT2D eigenvalue weighted by molar-refractivity contribution is 0.270. The van der Waals surface area contributed by atoms with Crippen molar-refractivity contribution in [3.63, 3.8) is 0 Å². The Morgan fingerprint density at radius 2 is 1.63 bits per heavy atom. The molecule has 3 heterocycles. The number of hydrogen-bond acceptors (Lipinski definition) is 4. The predicted octanol–water partition coefficient (Wildman–Crippen LogP) is 4.25. The first kappa shape index (κ1) is 18.0. The number of nitrogens with zero attached hydrogens (tertiary/aromatic N) is 4. The molecule has 0 radical (unpaired) electrons. The van der Waals surface area contributed by atoms with E-state index in [2.05, 4.69) is 9.88 Å². The lowest BCUT2D eigenvalue weighted by Crippen LogP contribution is -2.30. The summed E-state index contributed by atoms with van der Waals surface area (Å²) in [5.41, 5.74) is 4.22. The molecule has 27 heavy (non-hydrogen) atoms. The van der Waals surface area contributed by atoms with Gasteiger partial charge in [0.25, 0.3) is 0 Å². The minimum Gasteiger partial charge on any atom is -0.394 e. The van der Waals surface area contributed by atoms with Gasteiger partial charge >= 0.3 is 0 Å². The largest absolute Gasteiger partial charge is 0.394 e. The fourth-order valence-corrected chi connectivity index (χ4v) is 3.84. The molecule has 1 aromatic carbocycles. The van der Waals surface area contributed by atoms with Crippen molar-refractivity contribution in [2.45, 2.75) is 25.8 Å². The molecule has 5 nitrogen and oxygen atoms in total. The topological polar surface area (TPSA) is 54.2 Å². The number of pyridine rings is 1. The zero-order valence-corrected chi connectivity index (χ0v) is 15.9. The molecule has 140 valence electrons. The van der Waals surface area contributed by atoms with Crippen LogP contribution in [-0.4, -0.2) is 39.6 Å². The number of hydrogen-bond donors (Lipinski definition) is 1. The summed E-state index contributed by atoms with van der Waals surface area (Å²) in [6.07, 6.45) is 7.25. The van der Waals surface area contributed by atoms with E-state index < -0.39 is 0 Å². The Hall–Kier alpha value is -2.37. The Bertz CT molecular complexity index is 887. The molecule has 6 heteroatoms. The maximum atomic E-state index is 9.61. The smallest absolute Gasteiger partial charge is 0.159 e. The second kappa shape index (κ2) is 8.11. The van der Waals surface area contributed by atoms with Gasteiger partial charge in [0.15, 0.2) is 5.82 Å². The zero-order chi connectivity index (χ0) is 18.6. The summed E-state index contributed by atoms with van der Waals surface area (Å²) in [5.74, 6) is 0.985. The summed E-state index contributed by atoms with van der Waals surface area (Å²) < 4.78 is 1.92. The molecule has 2 aromatic heterocycles. The second-order valence-electron chi connectivity index (χ2n) is 6.78. The van der Waals surface area contributed by atoms with Crippen molar-refractivity contribution in [2.75, 3.05) is 24.6 Å². The number of aromatic nitrogens is 3. The molecule has 1 N–H and O–H groups in total. The van der Waals surface area contributed by atoms with Gasteiger partial charge in [-0.3, -0.25) is 9.67 Å². The van der Waals surface area contributed by atoms with Crippen molar-refractivity contribution in [1.82, 2.24) is 14.8 Å². The number of halogens is 1. The lowest BCUT2D eigenvalue weighted by Gasteiger charge is -2.27. The van der Waals surface area contributed by atoms with Crippen LogP contribution in [0.25, 0.3) is 22.4 Å². The highest BCUT2D eigenvalue weighted by molar-refractivity contribution is 6.30. The van der Waals surface area contributed by atoms with Crippen molar-refractivity contribution < 1.29 is 5.11 Å². The fourth-order valence-electron chi connectivity index (χ4n) is 3.72. The van der Waals surface area contributed by atoms with E-state index in [1.165, 1.54) is 19.3 Å². The van der Waals surface area contributed by atoms with Crippen molar-refractivity contribution in [2.24, 2.45) is 0 Å². The van der Waals surface area contributed by atoms with Gasteiger partial charge in [0.1, 0.15) is 0 Å². The maximum Gasteiger partial charge on any atom is 0.159 e. The molecule has 0 aliphatic carbocycles. The average Bonchev–Trinajstić information content (AvgIpc) is 3.09.